The van der Waals surface area contributed by atoms with Gasteiger partial charge < -0.3 is 4.84 Å². The molecule has 0 fully saturated rings. The van der Waals surface area contributed by atoms with Gasteiger partial charge in [-0.05, 0) is 24.4 Å². The Balaban J connectivity index is 2.51. The Kier molecular flexibility index (Phi) is 1.58. The van der Waals surface area contributed by atoms with Crippen LogP contribution in [0.1, 0.15) is 6.92 Å². The molecule has 3 heteroatoms. The van der Waals surface area contributed by atoms with Crippen LogP contribution in [-0.2, 0) is 0 Å². The minimum Gasteiger partial charge on any atom is -0.414 e. The fourth-order valence-corrected chi connectivity index (χ4v) is 1.85. The molecule has 0 atom stereocenters. The number of nitrogens with zero attached hydrogens (tertiary/aromatic N) is 1. The van der Waals surface area contributed by atoms with Crippen LogP contribution in [-0.4, -0.2) is 11.3 Å². The van der Waals surface area contributed by atoms with Gasteiger partial charge in [0.2, 0.25) is 0 Å². The predicted molar refractivity (Wildman–Crippen MR) is 46.9 cm³/mol. The first-order valence-electron chi connectivity index (χ1n) is 3.59. The summed E-state index contributed by atoms with van der Waals surface area (Å²) in [4.78, 5) is 5.34. The van der Waals surface area contributed by atoms with E-state index in [2.05, 4.69) is 17.5 Å². The van der Waals surface area contributed by atoms with Crippen molar-refractivity contribution in [2.45, 2.75) is 6.92 Å². The SMILES string of the molecule is CCOn1ccc2sccc21. The molecule has 2 rings (SSSR count). The van der Waals surface area contributed by atoms with Gasteiger partial charge in [0.05, 0.1) is 10.2 Å². The minimum absolute atomic E-state index is 0.708. The van der Waals surface area contributed by atoms with Crippen molar-refractivity contribution < 1.29 is 4.84 Å². The van der Waals surface area contributed by atoms with Crippen molar-refractivity contribution in [1.82, 2.24) is 4.73 Å². The third-order valence-corrected chi connectivity index (χ3v) is 2.41. The summed E-state index contributed by atoms with van der Waals surface area (Å²) in [5.74, 6) is 0. The van der Waals surface area contributed by atoms with Gasteiger partial charge in [0.1, 0.15) is 6.61 Å². The number of aromatic nitrogens is 1. The van der Waals surface area contributed by atoms with E-state index in [0.717, 1.165) is 5.52 Å². The van der Waals surface area contributed by atoms with Crippen LogP contribution in [0.15, 0.2) is 23.7 Å². The van der Waals surface area contributed by atoms with Crippen LogP contribution in [0.25, 0.3) is 10.2 Å². The summed E-state index contributed by atoms with van der Waals surface area (Å²) in [7, 11) is 0. The van der Waals surface area contributed by atoms with E-state index in [4.69, 9.17) is 4.84 Å². The minimum atomic E-state index is 0.708. The normalized spacial score (nSPS) is 10.6. The monoisotopic (exact) mass is 167 g/mol. The molecule has 0 aromatic carbocycles. The van der Waals surface area contributed by atoms with Crippen LogP contribution in [0.3, 0.4) is 0 Å². The van der Waals surface area contributed by atoms with Crippen LogP contribution in [0.5, 0.6) is 0 Å². The fraction of sp³-hybridized carbons (Fsp3) is 0.250. The third-order valence-electron chi connectivity index (χ3n) is 1.54. The molecule has 11 heavy (non-hydrogen) atoms. The second-order valence-electron chi connectivity index (χ2n) is 2.23. The van der Waals surface area contributed by atoms with E-state index < -0.39 is 0 Å². The van der Waals surface area contributed by atoms with Crippen LogP contribution in [0.4, 0.5) is 0 Å². The van der Waals surface area contributed by atoms with Gasteiger partial charge in [-0.25, -0.2) is 0 Å². The molecular weight excluding hydrogens is 158 g/mol. The summed E-state index contributed by atoms with van der Waals surface area (Å²) in [5, 5.41) is 2.07. The highest BCUT2D eigenvalue weighted by Gasteiger charge is 1.99. The van der Waals surface area contributed by atoms with Crippen molar-refractivity contribution in [1.29, 1.82) is 0 Å². The van der Waals surface area contributed by atoms with Gasteiger partial charge in [-0.1, -0.05) is 0 Å². The molecule has 0 unspecified atom stereocenters. The molecule has 0 amide bonds. The van der Waals surface area contributed by atoms with Gasteiger partial charge in [0, 0.05) is 6.20 Å². The average molecular weight is 167 g/mol. The number of fused-ring (bicyclic) bond motifs is 1. The summed E-state index contributed by atoms with van der Waals surface area (Å²) in [5.41, 5.74) is 1.16. The molecular formula is C8H9NOS. The number of hydrogen-bond acceptors (Lipinski definition) is 2. The zero-order valence-electron chi connectivity index (χ0n) is 6.28. The topological polar surface area (TPSA) is 14.2 Å². The molecule has 0 radical (unpaired) electrons. The Labute approximate surface area is 69.0 Å². The summed E-state index contributed by atoms with van der Waals surface area (Å²) in [6.45, 7) is 2.69. The van der Waals surface area contributed by atoms with E-state index in [0.29, 0.717) is 6.61 Å². The van der Waals surface area contributed by atoms with Gasteiger partial charge in [-0.15, -0.1) is 11.3 Å². The van der Waals surface area contributed by atoms with Gasteiger partial charge >= 0.3 is 0 Å². The quantitative estimate of drug-likeness (QED) is 0.668. The lowest BCUT2D eigenvalue weighted by atomic mass is 10.5. The molecule has 2 nitrogen and oxygen atoms in total. The largest absolute Gasteiger partial charge is 0.414 e. The molecule has 0 bridgehead atoms. The Bertz CT molecular complexity index is 349. The van der Waals surface area contributed by atoms with Gasteiger partial charge in [0.25, 0.3) is 0 Å². The number of hydrogen-bond donors (Lipinski definition) is 0. The average Bonchev–Trinajstić information content (AvgIpc) is 2.53. The van der Waals surface area contributed by atoms with Crippen molar-refractivity contribution in [2.24, 2.45) is 0 Å². The van der Waals surface area contributed by atoms with Crippen molar-refractivity contribution in [3.05, 3.63) is 23.7 Å². The maximum atomic E-state index is 5.34. The van der Waals surface area contributed by atoms with Crippen molar-refractivity contribution >= 4 is 21.6 Å². The second-order valence-corrected chi connectivity index (χ2v) is 3.18. The molecule has 0 aliphatic carbocycles. The molecule has 58 valence electrons. The fourth-order valence-electron chi connectivity index (χ4n) is 1.09. The second kappa shape index (κ2) is 2.58. The maximum Gasteiger partial charge on any atom is 0.112 e. The van der Waals surface area contributed by atoms with Crippen molar-refractivity contribution in [3.8, 4) is 0 Å². The predicted octanol–water partition coefficient (Wildman–Crippen LogP) is 2.15. The van der Waals surface area contributed by atoms with Crippen LogP contribution in [0, 0.1) is 0 Å². The van der Waals surface area contributed by atoms with Gasteiger partial charge in [-0.3, -0.25) is 0 Å². The first-order valence-corrected chi connectivity index (χ1v) is 4.47. The van der Waals surface area contributed by atoms with E-state index in [1.165, 1.54) is 4.70 Å². The van der Waals surface area contributed by atoms with E-state index >= 15 is 0 Å². The lowest BCUT2D eigenvalue weighted by Gasteiger charge is -2.02. The molecule has 0 aliphatic heterocycles. The summed E-state index contributed by atoms with van der Waals surface area (Å²) in [6.07, 6.45) is 1.95. The molecule has 0 spiro atoms. The summed E-state index contributed by atoms with van der Waals surface area (Å²) >= 11 is 1.73. The zero-order chi connectivity index (χ0) is 7.68. The molecule has 0 aliphatic rings. The highest BCUT2D eigenvalue weighted by molar-refractivity contribution is 7.17. The van der Waals surface area contributed by atoms with Crippen molar-refractivity contribution in [3.63, 3.8) is 0 Å². The highest BCUT2D eigenvalue weighted by atomic mass is 32.1. The van der Waals surface area contributed by atoms with E-state index in [9.17, 15) is 0 Å². The zero-order valence-corrected chi connectivity index (χ0v) is 7.10. The maximum absolute atomic E-state index is 5.34. The number of rotatable bonds is 2. The first kappa shape index (κ1) is 6.73. The van der Waals surface area contributed by atoms with Crippen molar-refractivity contribution in [2.75, 3.05) is 6.61 Å². The molecule has 2 aromatic rings. The summed E-state index contributed by atoms with van der Waals surface area (Å²) in [6, 6.07) is 4.13. The smallest absolute Gasteiger partial charge is 0.112 e. The number of thiophene rings is 1. The van der Waals surface area contributed by atoms with Gasteiger partial charge in [0.15, 0.2) is 0 Å². The van der Waals surface area contributed by atoms with Crippen LogP contribution < -0.4 is 4.84 Å². The van der Waals surface area contributed by atoms with E-state index in [-0.39, 0.29) is 0 Å². The Morgan fingerprint density at radius 2 is 2.45 bits per heavy atom. The molecule has 0 N–H and O–H groups in total. The third kappa shape index (κ3) is 1.01. The standard InChI is InChI=1S/C8H9NOS/c1-2-10-9-5-3-8-7(9)4-6-11-8/h3-6H,2H2,1H3. The molecule has 0 saturated carbocycles. The Morgan fingerprint density at radius 1 is 1.55 bits per heavy atom. The van der Waals surface area contributed by atoms with E-state index in [1.54, 1.807) is 11.3 Å². The molecule has 2 aromatic heterocycles. The molecule has 2 heterocycles. The van der Waals surface area contributed by atoms with Crippen LogP contribution >= 0.6 is 11.3 Å². The Morgan fingerprint density at radius 3 is 3.27 bits per heavy atom. The lowest BCUT2D eigenvalue weighted by molar-refractivity contribution is 0.132. The summed E-state index contributed by atoms with van der Waals surface area (Å²) < 4.78 is 3.09. The van der Waals surface area contributed by atoms with Crippen LogP contribution in [0.2, 0.25) is 0 Å². The Hall–Kier alpha value is -0.960. The van der Waals surface area contributed by atoms with Gasteiger partial charge in [-0.2, -0.15) is 4.73 Å². The highest BCUT2D eigenvalue weighted by Crippen LogP contribution is 2.20. The van der Waals surface area contributed by atoms with E-state index in [1.807, 2.05) is 17.9 Å². The molecule has 0 saturated heterocycles. The first-order chi connectivity index (χ1) is 5.42. The lowest BCUT2D eigenvalue weighted by Crippen LogP contribution is -2.07.